The topological polar surface area (TPSA) is 72.2 Å². The Balaban J connectivity index is 2.36. The van der Waals surface area contributed by atoms with Crippen LogP contribution < -0.4 is 0 Å². The van der Waals surface area contributed by atoms with E-state index in [9.17, 15) is 9.00 Å². The highest BCUT2D eigenvalue weighted by Gasteiger charge is 2.18. The van der Waals surface area contributed by atoms with Crippen LogP contribution in [0.25, 0.3) is 0 Å². The molecule has 1 unspecified atom stereocenters. The van der Waals surface area contributed by atoms with E-state index in [2.05, 4.69) is 21.0 Å². The lowest BCUT2D eigenvalue weighted by molar-refractivity contribution is 0.0693. The van der Waals surface area contributed by atoms with E-state index in [0.29, 0.717) is 4.90 Å². The molecule has 1 atom stereocenters. The van der Waals surface area contributed by atoms with Crippen LogP contribution in [0.15, 0.2) is 33.6 Å². The first kappa shape index (κ1) is 14.9. The normalized spacial score (nSPS) is 12.3. The molecule has 0 bridgehead atoms. The highest BCUT2D eigenvalue weighted by Crippen LogP contribution is 2.24. The number of carboxylic acid groups (broad SMARTS) is 1. The lowest BCUT2D eigenvalue weighted by Gasteiger charge is -2.07. The molecule has 5 nitrogen and oxygen atoms in total. The van der Waals surface area contributed by atoms with Gasteiger partial charge in [0.2, 0.25) is 0 Å². The van der Waals surface area contributed by atoms with Gasteiger partial charge in [0.1, 0.15) is 0 Å². The van der Waals surface area contributed by atoms with Gasteiger partial charge in [0.15, 0.2) is 0 Å². The highest BCUT2D eigenvalue weighted by molar-refractivity contribution is 9.10. The second kappa shape index (κ2) is 5.88. The van der Waals surface area contributed by atoms with Crippen molar-refractivity contribution in [1.82, 2.24) is 9.78 Å². The Labute approximate surface area is 127 Å². The van der Waals surface area contributed by atoms with Crippen LogP contribution in [0.3, 0.4) is 0 Å². The van der Waals surface area contributed by atoms with Gasteiger partial charge in [-0.05, 0) is 35.0 Å². The number of hydrogen-bond acceptors (Lipinski definition) is 3. The third-order valence-electron chi connectivity index (χ3n) is 2.89. The third kappa shape index (κ3) is 2.83. The maximum absolute atomic E-state index is 12.4. The molecule has 1 N–H and O–H groups in total. The van der Waals surface area contributed by atoms with Crippen LogP contribution in [-0.4, -0.2) is 25.1 Å². The molecule has 0 fully saturated rings. The Bertz CT molecular complexity index is 697. The summed E-state index contributed by atoms with van der Waals surface area (Å²) in [6.45, 7) is 1.85. The summed E-state index contributed by atoms with van der Waals surface area (Å²) in [5.41, 5.74) is 1.66. The Morgan fingerprint density at radius 2 is 2.10 bits per heavy atom. The first-order valence-corrected chi connectivity index (χ1v) is 7.91. The number of aromatic carboxylic acids is 1. The fourth-order valence-electron chi connectivity index (χ4n) is 1.88. The first-order chi connectivity index (χ1) is 9.41. The molecule has 0 radical (unpaired) electrons. The van der Waals surface area contributed by atoms with Crippen LogP contribution in [0, 0.1) is 6.92 Å². The molecule has 2 rings (SSSR count). The molecular formula is C13H13BrN2O3S. The molecule has 0 amide bonds. The first-order valence-electron chi connectivity index (χ1n) is 5.80. The quantitative estimate of drug-likeness (QED) is 0.913. The number of carbonyl (C=O) groups is 1. The molecule has 2 aromatic rings. The predicted octanol–water partition coefficient (Wildman–Crippen LogP) is 2.50. The SMILES string of the molecule is Cc1nn(C)c(CS(=O)c2ccccc2C(=O)O)c1Br. The number of hydrogen-bond donors (Lipinski definition) is 1. The Morgan fingerprint density at radius 1 is 1.45 bits per heavy atom. The summed E-state index contributed by atoms with van der Waals surface area (Å²) in [4.78, 5) is 11.5. The van der Waals surface area contributed by atoms with Gasteiger partial charge in [-0.2, -0.15) is 5.10 Å². The molecule has 0 saturated heterocycles. The van der Waals surface area contributed by atoms with Crippen molar-refractivity contribution >= 4 is 32.7 Å². The summed E-state index contributed by atoms with van der Waals surface area (Å²) in [5.74, 6) is -0.864. The predicted molar refractivity (Wildman–Crippen MR) is 79.2 cm³/mol. The van der Waals surface area contributed by atoms with E-state index in [-0.39, 0.29) is 11.3 Å². The lowest BCUT2D eigenvalue weighted by atomic mass is 10.2. The largest absolute Gasteiger partial charge is 0.478 e. The monoisotopic (exact) mass is 356 g/mol. The molecule has 20 heavy (non-hydrogen) atoms. The summed E-state index contributed by atoms with van der Waals surface area (Å²) in [6.07, 6.45) is 0. The molecule has 0 aliphatic rings. The van der Waals surface area contributed by atoms with Gasteiger partial charge in [-0.3, -0.25) is 8.89 Å². The maximum atomic E-state index is 12.4. The van der Waals surface area contributed by atoms with Gasteiger partial charge in [-0.25, -0.2) is 4.79 Å². The van der Waals surface area contributed by atoms with Gasteiger partial charge in [0, 0.05) is 7.05 Å². The highest BCUT2D eigenvalue weighted by atomic mass is 79.9. The van der Waals surface area contributed by atoms with E-state index < -0.39 is 16.8 Å². The van der Waals surface area contributed by atoms with Crippen molar-refractivity contribution in [1.29, 1.82) is 0 Å². The number of halogens is 1. The molecule has 1 aromatic heterocycles. The Morgan fingerprint density at radius 3 is 2.65 bits per heavy atom. The molecule has 106 valence electrons. The number of carboxylic acids is 1. The average molecular weight is 357 g/mol. The van der Waals surface area contributed by atoms with Crippen molar-refractivity contribution in [3.05, 3.63) is 45.7 Å². The van der Waals surface area contributed by atoms with Crippen LogP contribution in [0.4, 0.5) is 0 Å². The van der Waals surface area contributed by atoms with Crippen molar-refractivity contribution < 1.29 is 14.1 Å². The molecule has 7 heteroatoms. The molecule has 0 aliphatic carbocycles. The molecule has 0 spiro atoms. The van der Waals surface area contributed by atoms with E-state index in [0.717, 1.165) is 15.9 Å². The summed E-state index contributed by atoms with van der Waals surface area (Å²) in [6, 6.07) is 6.34. The number of rotatable bonds is 4. The zero-order valence-corrected chi connectivity index (χ0v) is 13.4. The smallest absolute Gasteiger partial charge is 0.336 e. The summed E-state index contributed by atoms with van der Waals surface area (Å²) in [7, 11) is 0.326. The van der Waals surface area contributed by atoms with Crippen LogP contribution in [0.5, 0.6) is 0 Å². The molecular weight excluding hydrogens is 344 g/mol. The van der Waals surface area contributed by atoms with Crippen LogP contribution in [-0.2, 0) is 23.6 Å². The van der Waals surface area contributed by atoms with Crippen molar-refractivity contribution in [3.8, 4) is 0 Å². The number of nitrogens with zero attached hydrogens (tertiary/aromatic N) is 2. The van der Waals surface area contributed by atoms with Crippen LogP contribution in [0.2, 0.25) is 0 Å². The van der Waals surface area contributed by atoms with E-state index in [1.165, 1.54) is 6.07 Å². The van der Waals surface area contributed by atoms with Gasteiger partial charge >= 0.3 is 5.97 Å². The average Bonchev–Trinajstić information content (AvgIpc) is 2.65. The van der Waals surface area contributed by atoms with Crippen LogP contribution >= 0.6 is 15.9 Å². The van der Waals surface area contributed by atoms with E-state index in [1.54, 1.807) is 29.9 Å². The van der Waals surface area contributed by atoms with Gasteiger partial charge in [0.05, 0.1) is 42.9 Å². The van der Waals surface area contributed by atoms with Crippen molar-refractivity contribution in [2.24, 2.45) is 7.05 Å². The Kier molecular flexibility index (Phi) is 4.39. The van der Waals surface area contributed by atoms with Crippen molar-refractivity contribution in [2.45, 2.75) is 17.6 Å². The second-order valence-electron chi connectivity index (χ2n) is 4.26. The minimum Gasteiger partial charge on any atom is -0.478 e. The Hall–Kier alpha value is -1.47. The molecule has 0 aliphatic heterocycles. The van der Waals surface area contributed by atoms with Crippen molar-refractivity contribution in [3.63, 3.8) is 0 Å². The second-order valence-corrected chi connectivity index (χ2v) is 6.47. The lowest BCUT2D eigenvalue weighted by Crippen LogP contribution is -2.08. The fraction of sp³-hybridized carbons (Fsp3) is 0.231. The minimum absolute atomic E-state index is 0.0702. The summed E-state index contributed by atoms with van der Waals surface area (Å²) in [5, 5.41) is 13.4. The van der Waals surface area contributed by atoms with E-state index >= 15 is 0 Å². The summed E-state index contributed by atoms with van der Waals surface area (Å²) >= 11 is 3.42. The van der Waals surface area contributed by atoms with Gasteiger partial charge in [-0.15, -0.1) is 0 Å². The van der Waals surface area contributed by atoms with Gasteiger partial charge in [-0.1, -0.05) is 12.1 Å². The number of aryl methyl sites for hydroxylation is 2. The number of benzene rings is 1. The maximum Gasteiger partial charge on any atom is 0.336 e. The minimum atomic E-state index is -1.45. The van der Waals surface area contributed by atoms with Crippen molar-refractivity contribution in [2.75, 3.05) is 0 Å². The molecule has 1 aromatic carbocycles. The fourth-order valence-corrected chi connectivity index (χ4v) is 3.91. The number of aromatic nitrogens is 2. The van der Waals surface area contributed by atoms with E-state index in [1.807, 2.05) is 6.92 Å². The zero-order valence-electron chi connectivity index (χ0n) is 11.0. The van der Waals surface area contributed by atoms with Gasteiger partial charge < -0.3 is 5.11 Å². The van der Waals surface area contributed by atoms with Gasteiger partial charge in [0.25, 0.3) is 0 Å². The van der Waals surface area contributed by atoms with Crippen LogP contribution in [0.1, 0.15) is 21.7 Å². The third-order valence-corrected chi connectivity index (χ3v) is 5.31. The molecule has 1 heterocycles. The zero-order chi connectivity index (χ0) is 14.9. The molecule has 0 saturated carbocycles. The standard InChI is InChI=1S/C13H13BrN2O3S/c1-8-12(14)10(16(2)15-8)7-20(19)11-6-4-3-5-9(11)13(17)18/h3-6H,7H2,1-2H3,(H,17,18). The summed E-state index contributed by atoms with van der Waals surface area (Å²) < 4.78 is 14.9. The van der Waals surface area contributed by atoms with E-state index in [4.69, 9.17) is 5.11 Å².